The van der Waals surface area contributed by atoms with Gasteiger partial charge in [0.25, 0.3) is 0 Å². The van der Waals surface area contributed by atoms with Crippen LogP contribution in [0.15, 0.2) is 41.7 Å². The van der Waals surface area contributed by atoms with Gasteiger partial charge in [0.05, 0.1) is 6.54 Å². The van der Waals surface area contributed by atoms with E-state index in [9.17, 15) is 0 Å². The summed E-state index contributed by atoms with van der Waals surface area (Å²) in [5, 5.41) is 10.7. The van der Waals surface area contributed by atoms with Gasteiger partial charge in [0.15, 0.2) is 5.96 Å². The van der Waals surface area contributed by atoms with Crippen molar-refractivity contribution in [1.29, 1.82) is 0 Å². The summed E-state index contributed by atoms with van der Waals surface area (Å²) in [5.74, 6) is 1.65. The highest BCUT2D eigenvalue weighted by Gasteiger charge is 2.10. The van der Waals surface area contributed by atoms with Crippen molar-refractivity contribution in [3.8, 4) is 0 Å². The fraction of sp³-hybridized carbons (Fsp3) is 0.500. The van der Waals surface area contributed by atoms with Crippen molar-refractivity contribution in [2.75, 3.05) is 20.6 Å². The van der Waals surface area contributed by atoms with Crippen LogP contribution in [0.2, 0.25) is 0 Å². The van der Waals surface area contributed by atoms with Gasteiger partial charge >= 0.3 is 0 Å². The van der Waals surface area contributed by atoms with E-state index in [0.717, 1.165) is 31.3 Å². The van der Waals surface area contributed by atoms with Crippen LogP contribution in [-0.4, -0.2) is 52.3 Å². The van der Waals surface area contributed by atoms with E-state index in [0.29, 0.717) is 12.6 Å². The second-order valence-corrected chi connectivity index (χ2v) is 6.19. The number of hydrogen-bond donors (Lipinski definition) is 2. The van der Waals surface area contributed by atoms with Crippen LogP contribution in [-0.2, 0) is 20.1 Å². The Kier molecular flexibility index (Phi) is 10.2. The summed E-state index contributed by atoms with van der Waals surface area (Å²) >= 11 is 0. The van der Waals surface area contributed by atoms with Crippen molar-refractivity contribution >= 4 is 29.9 Å². The lowest BCUT2D eigenvalue weighted by Gasteiger charge is -2.25. The lowest BCUT2D eigenvalue weighted by molar-refractivity contribution is 0.238. The number of rotatable bonds is 8. The Morgan fingerprint density at radius 1 is 1.27 bits per heavy atom. The Balaban J connectivity index is 0.00000338. The van der Waals surface area contributed by atoms with Crippen LogP contribution in [0.3, 0.4) is 0 Å². The van der Waals surface area contributed by atoms with Crippen molar-refractivity contribution < 1.29 is 0 Å². The fourth-order valence-electron chi connectivity index (χ4n) is 2.51. The maximum Gasteiger partial charge on any atom is 0.191 e. The maximum atomic E-state index is 4.25. The third-order valence-corrected chi connectivity index (χ3v) is 4.32. The first-order chi connectivity index (χ1) is 12.1. The summed E-state index contributed by atoms with van der Waals surface area (Å²) in [6.45, 7) is 4.67. The molecule has 1 aromatic carbocycles. The molecule has 0 fully saturated rings. The van der Waals surface area contributed by atoms with Crippen molar-refractivity contribution in [1.82, 2.24) is 30.3 Å². The first-order valence-electron chi connectivity index (χ1n) is 8.61. The van der Waals surface area contributed by atoms with Gasteiger partial charge in [0, 0.05) is 33.2 Å². The van der Waals surface area contributed by atoms with E-state index in [1.165, 1.54) is 5.56 Å². The molecule has 0 amide bonds. The second-order valence-electron chi connectivity index (χ2n) is 6.19. The van der Waals surface area contributed by atoms with Gasteiger partial charge in [-0.3, -0.25) is 14.6 Å². The highest BCUT2D eigenvalue weighted by atomic mass is 127. The van der Waals surface area contributed by atoms with E-state index in [1.807, 2.05) is 7.05 Å². The van der Waals surface area contributed by atoms with E-state index in [2.05, 4.69) is 74.9 Å². The molecule has 0 spiro atoms. The number of nitrogens with one attached hydrogen (secondary N) is 2. The summed E-state index contributed by atoms with van der Waals surface area (Å²) < 4.78 is 1.75. The van der Waals surface area contributed by atoms with Crippen LogP contribution in [0, 0.1) is 0 Å². The SMILES string of the molecule is CN=C(NCCC(C)N(C)Cc1ccccc1)NCc1ncnn1C.I. The lowest BCUT2D eigenvalue weighted by Crippen LogP contribution is -2.40. The number of nitrogens with zero attached hydrogens (tertiary/aromatic N) is 5. The summed E-state index contributed by atoms with van der Waals surface area (Å²) in [6, 6.07) is 11.0. The molecule has 2 rings (SSSR count). The van der Waals surface area contributed by atoms with E-state index >= 15 is 0 Å². The highest BCUT2D eigenvalue weighted by Crippen LogP contribution is 2.07. The second kappa shape index (κ2) is 11.8. The molecule has 0 aliphatic heterocycles. The summed E-state index contributed by atoms with van der Waals surface area (Å²) in [7, 11) is 5.82. The number of aromatic nitrogens is 3. The third-order valence-electron chi connectivity index (χ3n) is 4.32. The highest BCUT2D eigenvalue weighted by molar-refractivity contribution is 14.0. The van der Waals surface area contributed by atoms with Crippen molar-refractivity contribution in [3.63, 3.8) is 0 Å². The number of benzene rings is 1. The minimum absolute atomic E-state index is 0. The summed E-state index contributed by atoms with van der Waals surface area (Å²) in [5.41, 5.74) is 1.34. The zero-order chi connectivity index (χ0) is 18.1. The minimum Gasteiger partial charge on any atom is -0.356 e. The first-order valence-corrected chi connectivity index (χ1v) is 8.61. The molecule has 0 saturated heterocycles. The summed E-state index contributed by atoms with van der Waals surface area (Å²) in [4.78, 5) is 10.8. The molecule has 0 saturated carbocycles. The fourth-order valence-corrected chi connectivity index (χ4v) is 2.51. The average molecular weight is 471 g/mol. The van der Waals surface area contributed by atoms with Gasteiger partial charge in [-0.05, 0) is 26.0 Å². The van der Waals surface area contributed by atoms with Gasteiger partial charge in [0.1, 0.15) is 12.2 Å². The molecule has 7 nitrogen and oxygen atoms in total. The van der Waals surface area contributed by atoms with Gasteiger partial charge in [-0.1, -0.05) is 30.3 Å². The molecule has 1 aromatic heterocycles. The molecule has 0 aliphatic rings. The Morgan fingerprint density at radius 3 is 2.62 bits per heavy atom. The van der Waals surface area contributed by atoms with E-state index in [-0.39, 0.29) is 24.0 Å². The molecule has 1 heterocycles. The van der Waals surface area contributed by atoms with Crippen molar-refractivity contribution in [2.24, 2.45) is 12.0 Å². The molecule has 0 aliphatic carbocycles. The number of guanidine groups is 1. The Morgan fingerprint density at radius 2 is 2.00 bits per heavy atom. The van der Waals surface area contributed by atoms with Crippen LogP contribution in [0.25, 0.3) is 0 Å². The smallest absolute Gasteiger partial charge is 0.191 e. The van der Waals surface area contributed by atoms with Crippen molar-refractivity contribution in [2.45, 2.75) is 32.5 Å². The topological polar surface area (TPSA) is 70.4 Å². The molecule has 0 radical (unpaired) electrons. The third kappa shape index (κ3) is 7.28. The van der Waals surface area contributed by atoms with E-state index < -0.39 is 0 Å². The minimum atomic E-state index is 0. The largest absolute Gasteiger partial charge is 0.356 e. The van der Waals surface area contributed by atoms with Gasteiger partial charge in [0.2, 0.25) is 0 Å². The zero-order valence-electron chi connectivity index (χ0n) is 16.0. The number of aryl methyl sites for hydroxylation is 1. The molecular weight excluding hydrogens is 441 g/mol. The predicted molar refractivity (Wildman–Crippen MR) is 117 cm³/mol. The molecule has 8 heteroatoms. The van der Waals surface area contributed by atoms with Crippen LogP contribution in [0.1, 0.15) is 24.7 Å². The number of hydrogen-bond acceptors (Lipinski definition) is 4. The molecule has 144 valence electrons. The number of halogens is 1. The summed E-state index contributed by atoms with van der Waals surface area (Å²) in [6.07, 6.45) is 2.59. The van der Waals surface area contributed by atoms with Crippen molar-refractivity contribution in [3.05, 3.63) is 48.0 Å². The molecule has 2 aromatic rings. The van der Waals surface area contributed by atoms with Crippen LogP contribution < -0.4 is 10.6 Å². The lowest BCUT2D eigenvalue weighted by atomic mass is 10.1. The quantitative estimate of drug-likeness (QED) is 0.350. The van der Waals surface area contributed by atoms with Crippen LogP contribution in [0.5, 0.6) is 0 Å². The van der Waals surface area contributed by atoms with Gasteiger partial charge < -0.3 is 10.6 Å². The standard InChI is InChI=1S/C18H29N7.HI/c1-15(24(3)13-16-8-6-5-7-9-16)10-11-20-18(19-2)21-12-17-22-14-23-25(17)4;/h5-9,14-15H,10-13H2,1-4H3,(H2,19,20,21);1H. The predicted octanol–water partition coefficient (Wildman–Crippen LogP) is 2.01. The molecule has 1 atom stereocenters. The van der Waals surface area contributed by atoms with Gasteiger partial charge in [-0.2, -0.15) is 5.10 Å². The molecule has 0 bridgehead atoms. The maximum absolute atomic E-state index is 4.25. The molecule has 1 unspecified atom stereocenters. The van der Waals surface area contributed by atoms with Crippen LogP contribution >= 0.6 is 24.0 Å². The van der Waals surface area contributed by atoms with Gasteiger partial charge in [-0.15, -0.1) is 24.0 Å². The Bertz CT molecular complexity index is 657. The molecule has 2 N–H and O–H groups in total. The number of aliphatic imine (C=N–C) groups is 1. The van der Waals surface area contributed by atoms with Crippen LogP contribution in [0.4, 0.5) is 0 Å². The molecular formula is C18H30IN7. The van der Waals surface area contributed by atoms with Gasteiger partial charge in [-0.25, -0.2) is 4.98 Å². The Hall–Kier alpha value is -1.68. The zero-order valence-corrected chi connectivity index (χ0v) is 18.3. The van der Waals surface area contributed by atoms with E-state index in [4.69, 9.17) is 0 Å². The first kappa shape index (κ1) is 22.4. The average Bonchev–Trinajstić information content (AvgIpc) is 3.03. The Labute approximate surface area is 173 Å². The normalized spacial score (nSPS) is 12.6. The monoisotopic (exact) mass is 471 g/mol. The molecule has 26 heavy (non-hydrogen) atoms. The van der Waals surface area contributed by atoms with E-state index in [1.54, 1.807) is 18.1 Å².